The molecular formula is C22H26N2O2S. The lowest BCUT2D eigenvalue weighted by molar-refractivity contribution is -0.130. The first kappa shape index (κ1) is 18.4. The molecule has 0 N–H and O–H groups in total. The largest absolute Gasteiger partial charge is 0.493 e. The summed E-state index contributed by atoms with van der Waals surface area (Å²) in [5.74, 6) is 1.81. The molecule has 2 aromatic carbocycles. The van der Waals surface area contributed by atoms with Crippen LogP contribution in [0.15, 0.2) is 47.4 Å². The number of benzene rings is 2. The molecule has 2 aliphatic heterocycles. The van der Waals surface area contributed by atoms with E-state index in [0.717, 1.165) is 51.5 Å². The van der Waals surface area contributed by atoms with Gasteiger partial charge in [-0.2, -0.15) is 0 Å². The van der Waals surface area contributed by atoms with E-state index < -0.39 is 0 Å². The molecule has 27 heavy (non-hydrogen) atoms. The lowest BCUT2D eigenvalue weighted by Gasteiger charge is -2.34. The molecule has 0 aliphatic carbocycles. The van der Waals surface area contributed by atoms with Crippen LogP contribution in [0.2, 0.25) is 0 Å². The first-order valence-corrected chi connectivity index (χ1v) is 10.6. The fourth-order valence-electron chi connectivity index (χ4n) is 3.70. The number of piperazine rings is 1. The molecule has 142 valence electrons. The smallest absolute Gasteiger partial charge is 0.233 e. The number of aryl methyl sites for hydroxylation is 1. The monoisotopic (exact) mass is 382 g/mol. The number of rotatable bonds is 5. The lowest BCUT2D eigenvalue weighted by atomic mass is 10.1. The first-order valence-electron chi connectivity index (χ1n) is 9.62. The molecule has 1 saturated heterocycles. The number of carbonyl (C=O) groups is 1. The molecule has 2 heterocycles. The summed E-state index contributed by atoms with van der Waals surface area (Å²) in [6.45, 7) is 7.37. The Morgan fingerprint density at radius 2 is 1.93 bits per heavy atom. The third-order valence-corrected chi connectivity index (χ3v) is 6.49. The van der Waals surface area contributed by atoms with Crippen LogP contribution in [0, 0.1) is 6.92 Å². The van der Waals surface area contributed by atoms with Gasteiger partial charge in [0.05, 0.1) is 12.4 Å². The fraction of sp³-hybridized carbons (Fsp3) is 0.409. The van der Waals surface area contributed by atoms with Crippen LogP contribution in [0.3, 0.4) is 0 Å². The molecule has 0 unspecified atom stereocenters. The molecule has 0 bridgehead atoms. The van der Waals surface area contributed by atoms with E-state index >= 15 is 0 Å². The van der Waals surface area contributed by atoms with E-state index in [0.29, 0.717) is 5.75 Å². The predicted octanol–water partition coefficient (Wildman–Crippen LogP) is 3.37. The van der Waals surface area contributed by atoms with E-state index in [1.54, 1.807) is 11.8 Å². The maximum Gasteiger partial charge on any atom is 0.233 e. The molecule has 0 spiro atoms. The fourth-order valence-corrected chi connectivity index (χ4v) is 4.63. The van der Waals surface area contributed by atoms with Gasteiger partial charge in [0.2, 0.25) is 5.91 Å². The van der Waals surface area contributed by atoms with E-state index in [-0.39, 0.29) is 5.91 Å². The molecule has 2 aliphatic rings. The van der Waals surface area contributed by atoms with Crippen molar-refractivity contribution in [3.63, 3.8) is 0 Å². The van der Waals surface area contributed by atoms with Crippen LogP contribution in [0.5, 0.6) is 5.75 Å². The second-order valence-electron chi connectivity index (χ2n) is 7.25. The van der Waals surface area contributed by atoms with Crippen molar-refractivity contribution in [1.82, 2.24) is 9.80 Å². The second kappa shape index (κ2) is 8.36. The maximum absolute atomic E-state index is 12.5. The van der Waals surface area contributed by atoms with Gasteiger partial charge in [-0.3, -0.25) is 9.69 Å². The van der Waals surface area contributed by atoms with Crippen LogP contribution in [0.25, 0.3) is 0 Å². The minimum absolute atomic E-state index is 0.248. The summed E-state index contributed by atoms with van der Waals surface area (Å²) in [5, 5.41) is 0. The van der Waals surface area contributed by atoms with Gasteiger partial charge in [-0.25, -0.2) is 0 Å². The Hall–Kier alpha value is -1.98. The first-order chi connectivity index (χ1) is 13.2. The predicted molar refractivity (Wildman–Crippen MR) is 109 cm³/mol. The molecule has 5 heteroatoms. The van der Waals surface area contributed by atoms with Gasteiger partial charge in [-0.1, -0.05) is 30.3 Å². The highest BCUT2D eigenvalue weighted by molar-refractivity contribution is 8.00. The summed E-state index contributed by atoms with van der Waals surface area (Å²) in [7, 11) is 0. The van der Waals surface area contributed by atoms with E-state index in [1.165, 1.54) is 21.6 Å². The number of amides is 1. The van der Waals surface area contributed by atoms with Gasteiger partial charge in [0, 0.05) is 44.0 Å². The second-order valence-corrected chi connectivity index (χ2v) is 8.27. The van der Waals surface area contributed by atoms with Crippen LogP contribution in [-0.4, -0.2) is 54.2 Å². The Morgan fingerprint density at radius 1 is 1.11 bits per heavy atom. The van der Waals surface area contributed by atoms with Crippen molar-refractivity contribution in [3.8, 4) is 5.75 Å². The summed E-state index contributed by atoms with van der Waals surface area (Å²) in [5.41, 5.74) is 3.91. The van der Waals surface area contributed by atoms with Gasteiger partial charge < -0.3 is 9.64 Å². The van der Waals surface area contributed by atoms with Gasteiger partial charge in [0.1, 0.15) is 5.75 Å². The molecule has 4 rings (SSSR count). The van der Waals surface area contributed by atoms with Gasteiger partial charge in [0.25, 0.3) is 0 Å². The summed E-state index contributed by atoms with van der Waals surface area (Å²) in [6, 6.07) is 14.8. The van der Waals surface area contributed by atoms with E-state index in [9.17, 15) is 4.79 Å². The topological polar surface area (TPSA) is 32.8 Å². The van der Waals surface area contributed by atoms with Crippen molar-refractivity contribution in [3.05, 3.63) is 59.2 Å². The number of ether oxygens (including phenoxy) is 1. The van der Waals surface area contributed by atoms with Gasteiger partial charge in [-0.15, -0.1) is 11.8 Å². The highest BCUT2D eigenvalue weighted by Crippen LogP contribution is 2.26. The highest BCUT2D eigenvalue weighted by atomic mass is 32.2. The number of hydrogen-bond acceptors (Lipinski definition) is 4. The molecule has 0 aromatic heterocycles. The Bertz CT molecular complexity index is 816. The van der Waals surface area contributed by atoms with Crippen LogP contribution < -0.4 is 4.74 Å². The van der Waals surface area contributed by atoms with Gasteiger partial charge in [-0.05, 0) is 35.7 Å². The molecule has 2 aromatic rings. The quantitative estimate of drug-likeness (QED) is 0.743. The SMILES string of the molecule is Cc1ccccc1SCC(=O)N1CCN(Cc2ccc3c(c2)CCO3)CC1. The minimum atomic E-state index is 0.248. The maximum atomic E-state index is 12.5. The van der Waals surface area contributed by atoms with Crippen molar-refractivity contribution in [1.29, 1.82) is 0 Å². The van der Waals surface area contributed by atoms with E-state index in [4.69, 9.17) is 4.74 Å². The van der Waals surface area contributed by atoms with Crippen molar-refractivity contribution >= 4 is 17.7 Å². The zero-order valence-electron chi connectivity index (χ0n) is 15.8. The average Bonchev–Trinajstić information content (AvgIpc) is 3.15. The zero-order valence-corrected chi connectivity index (χ0v) is 16.6. The Labute approximate surface area is 165 Å². The molecular weight excluding hydrogens is 356 g/mol. The third-order valence-electron chi connectivity index (χ3n) is 5.33. The van der Waals surface area contributed by atoms with Crippen molar-refractivity contribution in [2.75, 3.05) is 38.5 Å². The molecule has 0 saturated carbocycles. The lowest BCUT2D eigenvalue weighted by Crippen LogP contribution is -2.48. The van der Waals surface area contributed by atoms with Crippen molar-refractivity contribution in [2.24, 2.45) is 0 Å². The van der Waals surface area contributed by atoms with Crippen LogP contribution in [0.4, 0.5) is 0 Å². The standard InChI is InChI=1S/C22H26N2O2S/c1-17-4-2-3-5-21(17)27-16-22(25)24-11-9-23(10-12-24)15-18-6-7-20-19(14-18)8-13-26-20/h2-7,14H,8-13,15-16H2,1H3. The molecule has 0 radical (unpaired) electrons. The van der Waals surface area contributed by atoms with Crippen molar-refractivity contribution < 1.29 is 9.53 Å². The summed E-state index contributed by atoms with van der Waals surface area (Å²) in [4.78, 5) is 18.2. The van der Waals surface area contributed by atoms with E-state index in [2.05, 4.69) is 42.2 Å². The third kappa shape index (κ3) is 4.47. The summed E-state index contributed by atoms with van der Waals surface area (Å²) < 4.78 is 5.59. The normalized spacial score (nSPS) is 16.9. The number of hydrogen-bond donors (Lipinski definition) is 0. The minimum Gasteiger partial charge on any atom is -0.493 e. The summed E-state index contributed by atoms with van der Waals surface area (Å²) >= 11 is 1.65. The van der Waals surface area contributed by atoms with Crippen LogP contribution in [0.1, 0.15) is 16.7 Å². The number of fused-ring (bicyclic) bond motifs is 1. The van der Waals surface area contributed by atoms with Crippen LogP contribution >= 0.6 is 11.8 Å². The Morgan fingerprint density at radius 3 is 2.74 bits per heavy atom. The number of carbonyl (C=O) groups excluding carboxylic acids is 1. The van der Waals surface area contributed by atoms with Crippen LogP contribution in [-0.2, 0) is 17.8 Å². The average molecular weight is 383 g/mol. The molecule has 4 nitrogen and oxygen atoms in total. The van der Waals surface area contributed by atoms with E-state index in [1.807, 2.05) is 17.0 Å². The summed E-state index contributed by atoms with van der Waals surface area (Å²) in [6.07, 6.45) is 1.02. The molecule has 1 fully saturated rings. The number of nitrogens with zero attached hydrogens (tertiary/aromatic N) is 2. The van der Waals surface area contributed by atoms with Gasteiger partial charge in [0.15, 0.2) is 0 Å². The molecule has 0 atom stereocenters. The highest BCUT2D eigenvalue weighted by Gasteiger charge is 2.22. The van der Waals surface area contributed by atoms with Gasteiger partial charge >= 0.3 is 0 Å². The Kier molecular flexibility index (Phi) is 5.69. The molecule has 1 amide bonds. The Balaban J connectivity index is 1.25. The number of thioether (sulfide) groups is 1. The zero-order chi connectivity index (χ0) is 18.6. The van der Waals surface area contributed by atoms with Crippen molar-refractivity contribution in [2.45, 2.75) is 24.8 Å².